The fourth-order valence-corrected chi connectivity index (χ4v) is 2.40. The number of rotatable bonds is 7. The highest BCUT2D eigenvalue weighted by Crippen LogP contribution is 2.20. The van der Waals surface area contributed by atoms with E-state index in [0.717, 1.165) is 12.8 Å². The molecule has 1 aliphatic rings. The van der Waals surface area contributed by atoms with E-state index in [1.165, 1.54) is 6.92 Å². The largest absolute Gasteiger partial charge is 0.492 e. The number of hydrogen-bond acceptors (Lipinski definition) is 3. The molecule has 2 amide bonds. The van der Waals surface area contributed by atoms with Crippen LogP contribution in [0.3, 0.4) is 0 Å². The molecule has 1 atom stereocenters. The van der Waals surface area contributed by atoms with Crippen LogP contribution in [0.25, 0.3) is 0 Å². The van der Waals surface area contributed by atoms with Crippen LogP contribution in [-0.2, 0) is 9.59 Å². The number of allylic oxidation sites excluding steroid dienone is 2. The molecule has 0 spiro atoms. The summed E-state index contributed by atoms with van der Waals surface area (Å²) in [6.07, 6.45) is 6.94. The average molecular weight is 302 g/mol. The normalized spacial score (nSPS) is 16.3. The Hall–Kier alpha value is -2.30. The lowest BCUT2D eigenvalue weighted by Gasteiger charge is -2.10. The molecule has 1 aliphatic carbocycles. The maximum atomic E-state index is 11.7. The molecule has 5 heteroatoms. The van der Waals surface area contributed by atoms with E-state index in [1.54, 1.807) is 12.1 Å². The molecule has 0 aliphatic heterocycles. The van der Waals surface area contributed by atoms with Gasteiger partial charge in [-0.3, -0.25) is 9.59 Å². The molecule has 0 bridgehead atoms. The van der Waals surface area contributed by atoms with E-state index in [1.807, 2.05) is 12.1 Å². The first-order chi connectivity index (χ1) is 10.6. The Balaban J connectivity index is 1.66. The molecule has 0 heterocycles. The van der Waals surface area contributed by atoms with Gasteiger partial charge in [0.05, 0.1) is 6.54 Å². The van der Waals surface area contributed by atoms with Crippen LogP contribution in [0.4, 0.5) is 5.69 Å². The zero-order valence-electron chi connectivity index (χ0n) is 12.8. The standard InChI is InChI=1S/C17H22N2O3/c1-13(20)19-15-7-4-8-16(12-15)22-10-9-18-17(21)11-14-5-2-3-6-14/h2,4-5,7-8,12,14H,3,6,9-11H2,1H3,(H,18,21)(H,19,20)/t14-/m1/s1. The predicted molar refractivity (Wildman–Crippen MR) is 85.7 cm³/mol. The van der Waals surface area contributed by atoms with Crippen LogP contribution >= 0.6 is 0 Å². The van der Waals surface area contributed by atoms with Crippen molar-refractivity contribution in [1.82, 2.24) is 5.32 Å². The lowest BCUT2D eigenvalue weighted by molar-refractivity contribution is -0.121. The maximum absolute atomic E-state index is 11.7. The zero-order chi connectivity index (χ0) is 15.8. The molecule has 2 N–H and O–H groups in total. The van der Waals surface area contributed by atoms with Crippen LogP contribution in [-0.4, -0.2) is 25.0 Å². The Kier molecular flexibility index (Phi) is 6.01. The molecular formula is C17H22N2O3. The van der Waals surface area contributed by atoms with Crippen LogP contribution in [0.15, 0.2) is 36.4 Å². The third kappa shape index (κ3) is 5.60. The van der Waals surface area contributed by atoms with E-state index in [2.05, 4.69) is 22.8 Å². The van der Waals surface area contributed by atoms with E-state index >= 15 is 0 Å². The smallest absolute Gasteiger partial charge is 0.221 e. The lowest BCUT2D eigenvalue weighted by Crippen LogP contribution is -2.29. The summed E-state index contributed by atoms with van der Waals surface area (Å²) in [5.41, 5.74) is 0.696. The summed E-state index contributed by atoms with van der Waals surface area (Å²) >= 11 is 0. The minimum Gasteiger partial charge on any atom is -0.492 e. The highest BCUT2D eigenvalue weighted by atomic mass is 16.5. The second kappa shape index (κ2) is 8.22. The Morgan fingerprint density at radius 2 is 2.23 bits per heavy atom. The summed E-state index contributed by atoms with van der Waals surface area (Å²) < 4.78 is 5.57. The van der Waals surface area contributed by atoms with E-state index in [9.17, 15) is 9.59 Å². The van der Waals surface area contributed by atoms with E-state index in [-0.39, 0.29) is 11.8 Å². The second-order valence-electron chi connectivity index (χ2n) is 5.38. The van der Waals surface area contributed by atoms with Crippen molar-refractivity contribution in [2.45, 2.75) is 26.2 Å². The van der Waals surface area contributed by atoms with Gasteiger partial charge < -0.3 is 15.4 Å². The third-order valence-corrected chi connectivity index (χ3v) is 3.41. The number of carbonyl (C=O) groups is 2. The van der Waals surface area contributed by atoms with Gasteiger partial charge >= 0.3 is 0 Å². The molecular weight excluding hydrogens is 280 g/mol. The van der Waals surface area contributed by atoms with Gasteiger partial charge in [0.1, 0.15) is 12.4 Å². The first-order valence-corrected chi connectivity index (χ1v) is 7.57. The van der Waals surface area contributed by atoms with Crippen molar-refractivity contribution in [1.29, 1.82) is 0 Å². The predicted octanol–water partition coefficient (Wildman–Crippen LogP) is 2.50. The molecule has 0 unspecified atom stereocenters. The van der Waals surface area contributed by atoms with Crippen LogP contribution < -0.4 is 15.4 Å². The van der Waals surface area contributed by atoms with Gasteiger partial charge in [0.15, 0.2) is 0 Å². The fraction of sp³-hybridized carbons (Fsp3) is 0.412. The number of carbonyl (C=O) groups excluding carboxylic acids is 2. The quantitative estimate of drug-likeness (QED) is 0.600. The van der Waals surface area contributed by atoms with Gasteiger partial charge in [0.25, 0.3) is 0 Å². The molecule has 118 valence electrons. The van der Waals surface area contributed by atoms with Gasteiger partial charge in [0, 0.05) is 25.1 Å². The molecule has 0 saturated heterocycles. The first kappa shape index (κ1) is 16.1. The van der Waals surface area contributed by atoms with Crippen molar-refractivity contribution in [3.8, 4) is 5.75 Å². The number of hydrogen-bond donors (Lipinski definition) is 2. The van der Waals surface area contributed by atoms with Crippen molar-refractivity contribution in [3.63, 3.8) is 0 Å². The molecule has 5 nitrogen and oxygen atoms in total. The number of nitrogens with one attached hydrogen (secondary N) is 2. The molecule has 1 aromatic carbocycles. The van der Waals surface area contributed by atoms with E-state index < -0.39 is 0 Å². The van der Waals surface area contributed by atoms with Crippen LogP contribution in [0.5, 0.6) is 5.75 Å². The highest BCUT2D eigenvalue weighted by Gasteiger charge is 2.13. The molecule has 1 aromatic rings. The molecule has 0 aromatic heterocycles. The van der Waals surface area contributed by atoms with E-state index in [0.29, 0.717) is 36.9 Å². The number of ether oxygens (including phenoxy) is 1. The van der Waals surface area contributed by atoms with Gasteiger partial charge in [-0.2, -0.15) is 0 Å². The number of benzene rings is 1. The Morgan fingerprint density at radius 3 is 2.95 bits per heavy atom. The zero-order valence-corrected chi connectivity index (χ0v) is 12.8. The van der Waals surface area contributed by atoms with Gasteiger partial charge in [0.2, 0.25) is 11.8 Å². The molecule has 22 heavy (non-hydrogen) atoms. The summed E-state index contributed by atoms with van der Waals surface area (Å²) in [5, 5.41) is 5.56. The lowest BCUT2D eigenvalue weighted by atomic mass is 10.1. The minimum absolute atomic E-state index is 0.0622. The molecule has 0 fully saturated rings. The number of amides is 2. The fourth-order valence-electron chi connectivity index (χ4n) is 2.40. The number of anilines is 1. The van der Waals surface area contributed by atoms with Crippen molar-refractivity contribution in [2.24, 2.45) is 5.92 Å². The molecule has 0 radical (unpaired) electrons. The SMILES string of the molecule is CC(=O)Nc1cccc(OCCNC(=O)C[C@@H]2C=CCC2)c1. The minimum atomic E-state index is -0.120. The molecule has 2 rings (SSSR count). The van der Waals surface area contributed by atoms with Crippen molar-refractivity contribution in [3.05, 3.63) is 36.4 Å². The van der Waals surface area contributed by atoms with Gasteiger partial charge in [-0.05, 0) is 30.9 Å². The third-order valence-electron chi connectivity index (χ3n) is 3.41. The summed E-state index contributed by atoms with van der Waals surface area (Å²) in [6.45, 7) is 2.33. The Morgan fingerprint density at radius 1 is 1.36 bits per heavy atom. The summed E-state index contributed by atoms with van der Waals surface area (Å²) in [7, 11) is 0. The Bertz CT molecular complexity index is 555. The maximum Gasteiger partial charge on any atom is 0.221 e. The summed E-state index contributed by atoms with van der Waals surface area (Å²) in [4.78, 5) is 22.7. The topological polar surface area (TPSA) is 67.4 Å². The second-order valence-corrected chi connectivity index (χ2v) is 5.38. The van der Waals surface area contributed by atoms with Gasteiger partial charge in [-0.15, -0.1) is 0 Å². The van der Waals surface area contributed by atoms with Crippen LogP contribution in [0.1, 0.15) is 26.2 Å². The van der Waals surface area contributed by atoms with Gasteiger partial charge in [-0.25, -0.2) is 0 Å². The van der Waals surface area contributed by atoms with Crippen molar-refractivity contribution < 1.29 is 14.3 Å². The monoisotopic (exact) mass is 302 g/mol. The van der Waals surface area contributed by atoms with Crippen LogP contribution in [0, 0.1) is 5.92 Å². The Labute approximate surface area is 130 Å². The van der Waals surface area contributed by atoms with E-state index in [4.69, 9.17) is 4.74 Å². The van der Waals surface area contributed by atoms with Crippen molar-refractivity contribution in [2.75, 3.05) is 18.5 Å². The summed E-state index contributed by atoms with van der Waals surface area (Å²) in [5.74, 6) is 0.993. The first-order valence-electron chi connectivity index (χ1n) is 7.57. The van der Waals surface area contributed by atoms with Crippen molar-refractivity contribution >= 4 is 17.5 Å². The van der Waals surface area contributed by atoms with Crippen LogP contribution in [0.2, 0.25) is 0 Å². The summed E-state index contributed by atoms with van der Waals surface area (Å²) in [6, 6.07) is 7.18. The average Bonchev–Trinajstić information content (AvgIpc) is 2.96. The van der Waals surface area contributed by atoms with Gasteiger partial charge in [-0.1, -0.05) is 18.2 Å². The molecule has 0 saturated carbocycles. The highest BCUT2D eigenvalue weighted by molar-refractivity contribution is 5.88.